The molecule has 0 saturated carbocycles. The zero-order valence-electron chi connectivity index (χ0n) is 11.2. The maximum absolute atomic E-state index is 13.4. The number of para-hydroxylation sites is 1. The van der Waals surface area contributed by atoms with Gasteiger partial charge in [-0.15, -0.1) is 0 Å². The van der Waals surface area contributed by atoms with E-state index in [0.717, 1.165) is 5.69 Å². The Bertz CT molecular complexity index is 528. The average molecular weight is 259 g/mol. The van der Waals surface area contributed by atoms with Crippen LogP contribution in [0.1, 0.15) is 12.5 Å². The Kier molecular flexibility index (Phi) is 4.39. The first-order valence-corrected chi connectivity index (χ1v) is 6.37. The molecule has 3 heteroatoms. The van der Waals surface area contributed by atoms with Crippen molar-refractivity contribution in [3.05, 3.63) is 59.9 Å². The van der Waals surface area contributed by atoms with E-state index in [9.17, 15) is 4.39 Å². The Morgan fingerprint density at radius 2 is 1.89 bits per heavy atom. The fourth-order valence-electron chi connectivity index (χ4n) is 1.74. The Morgan fingerprint density at radius 1 is 1.16 bits per heavy atom. The molecular formula is C16H18FNO. The van der Waals surface area contributed by atoms with Crippen LogP contribution in [0.5, 0.6) is 5.75 Å². The van der Waals surface area contributed by atoms with E-state index in [2.05, 4.69) is 5.32 Å². The lowest BCUT2D eigenvalue weighted by atomic mass is 10.2. The Balaban J connectivity index is 1.87. The molecule has 0 aliphatic heterocycles. The standard InChI is InChI=1S/C16H18FNO/c1-12-8-9-15(10-16(12)17)19-13(2)11-18-14-6-4-3-5-7-14/h3-10,13,18H,11H2,1-2H3. The van der Waals surface area contributed by atoms with Crippen LogP contribution in [0.15, 0.2) is 48.5 Å². The summed E-state index contributed by atoms with van der Waals surface area (Å²) >= 11 is 0. The van der Waals surface area contributed by atoms with E-state index in [1.807, 2.05) is 37.3 Å². The van der Waals surface area contributed by atoms with Crippen molar-refractivity contribution in [2.24, 2.45) is 0 Å². The lowest BCUT2D eigenvalue weighted by molar-refractivity contribution is 0.233. The molecule has 2 aromatic carbocycles. The lowest BCUT2D eigenvalue weighted by Gasteiger charge is -2.16. The molecule has 19 heavy (non-hydrogen) atoms. The summed E-state index contributed by atoms with van der Waals surface area (Å²) in [5, 5.41) is 3.27. The summed E-state index contributed by atoms with van der Waals surface area (Å²) in [6.45, 7) is 4.35. The molecule has 1 atom stereocenters. The molecule has 0 amide bonds. The first-order chi connectivity index (χ1) is 9.15. The summed E-state index contributed by atoms with van der Waals surface area (Å²) in [6.07, 6.45) is -0.0395. The molecule has 0 aliphatic rings. The third kappa shape index (κ3) is 3.98. The van der Waals surface area contributed by atoms with Crippen LogP contribution in [0.3, 0.4) is 0 Å². The highest BCUT2D eigenvalue weighted by Gasteiger charge is 2.06. The largest absolute Gasteiger partial charge is 0.489 e. The number of nitrogens with one attached hydrogen (secondary N) is 1. The summed E-state index contributed by atoms with van der Waals surface area (Å²) in [7, 11) is 0. The van der Waals surface area contributed by atoms with Crippen molar-refractivity contribution in [2.75, 3.05) is 11.9 Å². The molecule has 0 spiro atoms. The van der Waals surface area contributed by atoms with Crippen LogP contribution in [0.25, 0.3) is 0 Å². The first-order valence-electron chi connectivity index (χ1n) is 6.37. The Hall–Kier alpha value is -2.03. The quantitative estimate of drug-likeness (QED) is 0.875. The molecule has 100 valence electrons. The third-order valence-corrected chi connectivity index (χ3v) is 2.85. The van der Waals surface area contributed by atoms with Crippen molar-refractivity contribution >= 4 is 5.69 Å². The van der Waals surface area contributed by atoms with Crippen molar-refractivity contribution < 1.29 is 9.13 Å². The minimum absolute atomic E-state index is 0.0395. The fourth-order valence-corrected chi connectivity index (χ4v) is 1.74. The number of ether oxygens (including phenoxy) is 1. The molecule has 2 rings (SSSR count). The maximum atomic E-state index is 13.4. The number of rotatable bonds is 5. The van der Waals surface area contributed by atoms with Crippen LogP contribution in [-0.2, 0) is 0 Å². The van der Waals surface area contributed by atoms with Gasteiger partial charge in [-0.3, -0.25) is 0 Å². The minimum Gasteiger partial charge on any atom is -0.489 e. The summed E-state index contributed by atoms with van der Waals surface area (Å²) in [5.74, 6) is 0.325. The van der Waals surface area contributed by atoms with Gasteiger partial charge in [-0.05, 0) is 37.6 Å². The second kappa shape index (κ2) is 6.23. The molecule has 0 heterocycles. The van der Waals surface area contributed by atoms with Gasteiger partial charge in [-0.2, -0.15) is 0 Å². The first kappa shape index (κ1) is 13.4. The molecule has 0 aliphatic carbocycles. The van der Waals surface area contributed by atoms with E-state index in [-0.39, 0.29) is 11.9 Å². The van der Waals surface area contributed by atoms with Crippen LogP contribution in [0.4, 0.5) is 10.1 Å². The highest BCUT2D eigenvalue weighted by Crippen LogP contribution is 2.17. The van der Waals surface area contributed by atoms with Crippen LogP contribution in [-0.4, -0.2) is 12.6 Å². The van der Waals surface area contributed by atoms with E-state index >= 15 is 0 Å². The summed E-state index contributed by atoms with van der Waals surface area (Å²) in [5.41, 5.74) is 1.68. The molecular weight excluding hydrogens is 241 g/mol. The van der Waals surface area contributed by atoms with E-state index in [1.54, 1.807) is 19.1 Å². The Morgan fingerprint density at radius 3 is 2.58 bits per heavy atom. The van der Waals surface area contributed by atoms with Crippen molar-refractivity contribution in [1.82, 2.24) is 0 Å². The van der Waals surface area contributed by atoms with Crippen LogP contribution in [0.2, 0.25) is 0 Å². The molecule has 1 unspecified atom stereocenters. The zero-order chi connectivity index (χ0) is 13.7. The molecule has 1 N–H and O–H groups in total. The Labute approximate surface area is 113 Å². The molecule has 2 aromatic rings. The molecule has 0 saturated heterocycles. The summed E-state index contributed by atoms with van der Waals surface area (Å²) in [6, 6.07) is 14.9. The summed E-state index contributed by atoms with van der Waals surface area (Å²) < 4.78 is 19.1. The number of halogens is 1. The topological polar surface area (TPSA) is 21.3 Å². The molecule has 0 bridgehead atoms. The third-order valence-electron chi connectivity index (χ3n) is 2.85. The van der Waals surface area contributed by atoms with Gasteiger partial charge in [0, 0.05) is 11.8 Å². The van der Waals surface area contributed by atoms with Gasteiger partial charge >= 0.3 is 0 Å². The fraction of sp³-hybridized carbons (Fsp3) is 0.250. The van der Waals surface area contributed by atoms with Gasteiger partial charge in [-0.1, -0.05) is 24.3 Å². The number of hydrogen-bond donors (Lipinski definition) is 1. The highest BCUT2D eigenvalue weighted by atomic mass is 19.1. The monoisotopic (exact) mass is 259 g/mol. The molecule has 2 nitrogen and oxygen atoms in total. The molecule has 0 radical (unpaired) electrons. The second-order valence-corrected chi connectivity index (χ2v) is 4.59. The van der Waals surface area contributed by atoms with Gasteiger partial charge < -0.3 is 10.1 Å². The summed E-state index contributed by atoms with van der Waals surface area (Å²) in [4.78, 5) is 0. The van der Waals surface area contributed by atoms with E-state index < -0.39 is 0 Å². The van der Waals surface area contributed by atoms with Gasteiger partial charge in [0.2, 0.25) is 0 Å². The minimum atomic E-state index is -0.235. The smallest absolute Gasteiger partial charge is 0.129 e. The SMILES string of the molecule is Cc1ccc(OC(C)CNc2ccccc2)cc1F. The van der Waals surface area contributed by atoms with E-state index in [4.69, 9.17) is 4.74 Å². The van der Waals surface area contributed by atoms with Crippen LogP contribution < -0.4 is 10.1 Å². The average Bonchev–Trinajstić information content (AvgIpc) is 2.42. The number of hydrogen-bond acceptors (Lipinski definition) is 2. The van der Waals surface area contributed by atoms with Gasteiger partial charge in [0.05, 0.1) is 6.54 Å². The number of anilines is 1. The predicted octanol–water partition coefficient (Wildman–Crippen LogP) is 4.01. The zero-order valence-corrected chi connectivity index (χ0v) is 11.2. The number of benzene rings is 2. The van der Waals surface area contributed by atoms with Crippen molar-refractivity contribution in [2.45, 2.75) is 20.0 Å². The maximum Gasteiger partial charge on any atom is 0.129 e. The van der Waals surface area contributed by atoms with Crippen LogP contribution in [0, 0.1) is 12.7 Å². The lowest BCUT2D eigenvalue weighted by Crippen LogP contribution is -2.22. The van der Waals surface area contributed by atoms with E-state index in [1.165, 1.54) is 6.07 Å². The van der Waals surface area contributed by atoms with Crippen molar-refractivity contribution in [3.63, 3.8) is 0 Å². The highest BCUT2D eigenvalue weighted by molar-refractivity contribution is 5.42. The normalized spacial score (nSPS) is 11.9. The van der Waals surface area contributed by atoms with Gasteiger partial charge in [0.1, 0.15) is 17.7 Å². The molecule has 0 aromatic heterocycles. The van der Waals surface area contributed by atoms with Crippen molar-refractivity contribution in [3.8, 4) is 5.75 Å². The molecule has 0 fully saturated rings. The number of aryl methyl sites for hydroxylation is 1. The van der Waals surface area contributed by atoms with Gasteiger partial charge in [0.25, 0.3) is 0 Å². The van der Waals surface area contributed by atoms with Crippen LogP contribution >= 0.6 is 0 Å². The predicted molar refractivity (Wildman–Crippen MR) is 76.2 cm³/mol. The van der Waals surface area contributed by atoms with E-state index in [0.29, 0.717) is 17.9 Å². The van der Waals surface area contributed by atoms with Crippen molar-refractivity contribution in [1.29, 1.82) is 0 Å². The van der Waals surface area contributed by atoms with Gasteiger partial charge in [0.15, 0.2) is 0 Å². The van der Waals surface area contributed by atoms with Gasteiger partial charge in [-0.25, -0.2) is 4.39 Å². The second-order valence-electron chi connectivity index (χ2n) is 4.59.